The number of amides is 1. The second-order valence-corrected chi connectivity index (χ2v) is 8.32. The molecule has 0 saturated heterocycles. The smallest absolute Gasteiger partial charge is 0.311 e. The van der Waals surface area contributed by atoms with Crippen molar-refractivity contribution in [3.05, 3.63) is 76.5 Å². The zero-order valence-corrected chi connectivity index (χ0v) is 17.7. The average Bonchev–Trinajstić information content (AvgIpc) is 3.58. The molecule has 1 aromatic carbocycles. The van der Waals surface area contributed by atoms with E-state index in [9.17, 15) is 4.79 Å². The van der Waals surface area contributed by atoms with Crippen molar-refractivity contribution in [3.63, 3.8) is 0 Å². The highest BCUT2D eigenvalue weighted by molar-refractivity contribution is 5.89. The van der Waals surface area contributed by atoms with Crippen LogP contribution in [-0.4, -0.2) is 59.0 Å². The van der Waals surface area contributed by atoms with E-state index in [1.54, 1.807) is 17.3 Å². The molecule has 0 atom stereocenters. The fourth-order valence-electron chi connectivity index (χ4n) is 4.36. The van der Waals surface area contributed by atoms with Crippen LogP contribution in [0, 0.1) is 0 Å². The summed E-state index contributed by atoms with van der Waals surface area (Å²) in [6.07, 6.45) is 6.42. The van der Waals surface area contributed by atoms with E-state index in [4.69, 9.17) is 4.42 Å². The lowest BCUT2D eigenvalue weighted by Crippen LogP contribution is -2.36. The SMILES string of the molecule is O=C(c1nnc(Cc2cnc(NC3Cc4ccccc4C3)nc2)o1)N1CCc2[nH]nnc2C1. The van der Waals surface area contributed by atoms with Gasteiger partial charge in [-0.2, -0.15) is 0 Å². The lowest BCUT2D eigenvalue weighted by atomic mass is 10.1. The fourth-order valence-corrected chi connectivity index (χ4v) is 4.36. The summed E-state index contributed by atoms with van der Waals surface area (Å²) in [5.41, 5.74) is 5.30. The second-order valence-electron chi connectivity index (χ2n) is 8.32. The number of nitrogens with one attached hydrogen (secondary N) is 2. The van der Waals surface area contributed by atoms with Crippen molar-refractivity contribution in [2.75, 3.05) is 11.9 Å². The maximum atomic E-state index is 12.7. The van der Waals surface area contributed by atoms with Gasteiger partial charge in [0.15, 0.2) is 0 Å². The Labute approximate surface area is 188 Å². The molecule has 1 aliphatic carbocycles. The van der Waals surface area contributed by atoms with E-state index >= 15 is 0 Å². The Hall–Kier alpha value is -4.15. The Morgan fingerprint density at radius 3 is 2.70 bits per heavy atom. The molecule has 1 amide bonds. The number of aromatic amines is 1. The predicted molar refractivity (Wildman–Crippen MR) is 115 cm³/mol. The van der Waals surface area contributed by atoms with E-state index in [0.29, 0.717) is 43.8 Å². The van der Waals surface area contributed by atoms with Crippen LogP contribution >= 0.6 is 0 Å². The van der Waals surface area contributed by atoms with Gasteiger partial charge < -0.3 is 14.6 Å². The van der Waals surface area contributed by atoms with Gasteiger partial charge in [0.05, 0.1) is 18.7 Å². The van der Waals surface area contributed by atoms with Gasteiger partial charge in [0.25, 0.3) is 0 Å². The number of hydrogen-bond donors (Lipinski definition) is 2. The van der Waals surface area contributed by atoms with E-state index in [0.717, 1.165) is 29.8 Å². The van der Waals surface area contributed by atoms with Gasteiger partial charge in [0, 0.05) is 31.4 Å². The van der Waals surface area contributed by atoms with Gasteiger partial charge in [-0.1, -0.05) is 29.5 Å². The molecule has 0 unspecified atom stereocenters. The van der Waals surface area contributed by atoms with Crippen LogP contribution in [0.4, 0.5) is 5.95 Å². The van der Waals surface area contributed by atoms with Gasteiger partial charge in [-0.15, -0.1) is 15.3 Å². The Balaban J connectivity index is 1.06. The van der Waals surface area contributed by atoms with E-state index in [-0.39, 0.29) is 11.8 Å². The molecule has 0 fully saturated rings. The highest BCUT2D eigenvalue weighted by atomic mass is 16.4. The summed E-state index contributed by atoms with van der Waals surface area (Å²) in [6, 6.07) is 8.77. The van der Waals surface area contributed by atoms with Crippen molar-refractivity contribution < 1.29 is 9.21 Å². The largest absolute Gasteiger partial charge is 0.417 e. The van der Waals surface area contributed by atoms with Crippen molar-refractivity contribution >= 4 is 11.9 Å². The summed E-state index contributed by atoms with van der Waals surface area (Å²) in [4.78, 5) is 23.2. The van der Waals surface area contributed by atoms with Gasteiger partial charge in [0.1, 0.15) is 5.69 Å². The molecule has 1 aliphatic heterocycles. The number of benzene rings is 1. The number of hydrogen-bond acceptors (Lipinski definition) is 9. The molecule has 0 spiro atoms. The normalized spacial score (nSPS) is 15.3. The van der Waals surface area contributed by atoms with Gasteiger partial charge in [-0.3, -0.25) is 9.89 Å². The average molecular weight is 443 g/mol. The molecule has 3 aromatic heterocycles. The lowest BCUT2D eigenvalue weighted by Gasteiger charge is -2.23. The van der Waals surface area contributed by atoms with Crippen molar-refractivity contribution in [3.8, 4) is 0 Å². The molecule has 0 radical (unpaired) electrons. The van der Waals surface area contributed by atoms with E-state index in [2.05, 4.69) is 65.2 Å². The molecule has 0 saturated carbocycles. The third-order valence-electron chi connectivity index (χ3n) is 6.06. The summed E-state index contributed by atoms with van der Waals surface area (Å²) < 4.78 is 5.62. The molecule has 2 N–H and O–H groups in total. The van der Waals surface area contributed by atoms with Crippen LogP contribution in [0.3, 0.4) is 0 Å². The lowest BCUT2D eigenvalue weighted by molar-refractivity contribution is 0.0689. The first-order valence-electron chi connectivity index (χ1n) is 10.9. The van der Waals surface area contributed by atoms with Crippen LogP contribution < -0.4 is 5.32 Å². The first-order valence-corrected chi connectivity index (χ1v) is 10.9. The quantitative estimate of drug-likeness (QED) is 0.468. The predicted octanol–water partition coefficient (Wildman–Crippen LogP) is 1.35. The number of carbonyl (C=O) groups excluding carboxylic acids is 1. The molecule has 2 aliphatic rings. The van der Waals surface area contributed by atoms with E-state index < -0.39 is 0 Å². The zero-order valence-electron chi connectivity index (χ0n) is 17.7. The molecular weight excluding hydrogens is 422 g/mol. The Morgan fingerprint density at radius 2 is 1.91 bits per heavy atom. The van der Waals surface area contributed by atoms with Crippen LogP contribution in [0.5, 0.6) is 0 Å². The minimum atomic E-state index is -0.309. The standard InChI is InChI=1S/C22H21N9O2/c32-21(31-6-5-17-18(12-31)27-30-26-17)20-29-28-19(33-20)7-13-10-23-22(24-11-13)25-16-8-14-3-1-2-4-15(14)9-16/h1-4,10-11,16H,5-9,12H2,(H,23,24,25)(H,26,27,30). The molecule has 166 valence electrons. The van der Waals surface area contributed by atoms with Crippen LogP contribution in [0.1, 0.15) is 44.7 Å². The second kappa shape index (κ2) is 8.08. The maximum Gasteiger partial charge on any atom is 0.311 e. The Morgan fingerprint density at radius 1 is 1.12 bits per heavy atom. The summed E-state index contributed by atoms with van der Waals surface area (Å²) in [5.74, 6) is 0.594. The molecular formula is C22H21N9O2. The zero-order chi connectivity index (χ0) is 22.2. The van der Waals surface area contributed by atoms with Gasteiger partial charge in [0.2, 0.25) is 11.8 Å². The minimum absolute atomic E-state index is 0.0306. The molecule has 33 heavy (non-hydrogen) atoms. The number of rotatable bonds is 5. The van der Waals surface area contributed by atoms with Crippen LogP contribution in [-0.2, 0) is 32.2 Å². The molecule has 11 heteroatoms. The molecule has 6 rings (SSSR count). The monoisotopic (exact) mass is 443 g/mol. The number of carbonyl (C=O) groups is 1. The number of fused-ring (bicyclic) bond motifs is 2. The highest BCUT2D eigenvalue weighted by Crippen LogP contribution is 2.23. The highest BCUT2D eigenvalue weighted by Gasteiger charge is 2.27. The van der Waals surface area contributed by atoms with E-state index in [1.165, 1.54) is 11.1 Å². The third kappa shape index (κ3) is 3.93. The molecule has 11 nitrogen and oxygen atoms in total. The fraction of sp³-hybridized carbons (Fsp3) is 0.318. The summed E-state index contributed by atoms with van der Waals surface area (Å²) in [6.45, 7) is 0.915. The Kier molecular flexibility index (Phi) is 4.78. The molecule has 0 bridgehead atoms. The van der Waals surface area contributed by atoms with Crippen molar-refractivity contribution in [2.45, 2.75) is 38.3 Å². The van der Waals surface area contributed by atoms with Crippen molar-refractivity contribution in [1.29, 1.82) is 0 Å². The molecule has 4 heterocycles. The first kappa shape index (κ1) is 19.5. The number of aromatic nitrogens is 7. The Bertz CT molecular complexity index is 1270. The first-order chi connectivity index (χ1) is 16.2. The summed E-state index contributed by atoms with van der Waals surface area (Å²) in [5, 5.41) is 22.0. The number of anilines is 1. The maximum absolute atomic E-state index is 12.7. The number of nitrogens with zero attached hydrogens (tertiary/aromatic N) is 7. The molecule has 4 aromatic rings. The van der Waals surface area contributed by atoms with Crippen LogP contribution in [0.25, 0.3) is 0 Å². The topological polar surface area (TPSA) is 139 Å². The van der Waals surface area contributed by atoms with Gasteiger partial charge in [-0.25, -0.2) is 9.97 Å². The van der Waals surface area contributed by atoms with Crippen molar-refractivity contribution in [2.24, 2.45) is 0 Å². The third-order valence-corrected chi connectivity index (χ3v) is 6.06. The van der Waals surface area contributed by atoms with Crippen LogP contribution in [0.15, 0.2) is 41.1 Å². The van der Waals surface area contributed by atoms with E-state index in [1.807, 2.05) is 0 Å². The van der Waals surface area contributed by atoms with Crippen molar-refractivity contribution in [1.82, 2.24) is 40.5 Å². The summed E-state index contributed by atoms with van der Waals surface area (Å²) >= 11 is 0. The van der Waals surface area contributed by atoms with Gasteiger partial charge >= 0.3 is 11.8 Å². The number of H-pyrrole nitrogens is 1. The summed E-state index contributed by atoms with van der Waals surface area (Å²) in [7, 11) is 0. The van der Waals surface area contributed by atoms with Gasteiger partial charge in [-0.05, 0) is 29.5 Å². The minimum Gasteiger partial charge on any atom is -0.417 e. The van der Waals surface area contributed by atoms with Crippen LogP contribution in [0.2, 0.25) is 0 Å².